The molecule has 0 aliphatic carbocycles. The number of nitrogens with two attached hydrogens (primary N) is 1. The van der Waals surface area contributed by atoms with Crippen molar-refractivity contribution in [2.45, 2.75) is 64.0 Å². The topological polar surface area (TPSA) is 151 Å². The second kappa shape index (κ2) is 15.2. The molecule has 2 aromatic carbocycles. The molecular formula is C27H36N4O5. The van der Waals surface area contributed by atoms with Crippen molar-refractivity contribution in [3.63, 3.8) is 0 Å². The summed E-state index contributed by atoms with van der Waals surface area (Å²) in [5.41, 5.74) is 8.00. The first-order valence-electron chi connectivity index (χ1n) is 12.3. The van der Waals surface area contributed by atoms with Gasteiger partial charge in [-0.15, -0.1) is 0 Å². The van der Waals surface area contributed by atoms with Crippen molar-refractivity contribution >= 4 is 29.4 Å². The van der Waals surface area contributed by atoms with Crippen LogP contribution < -0.4 is 21.7 Å². The van der Waals surface area contributed by atoms with Crippen LogP contribution in [0.15, 0.2) is 54.6 Å². The average Bonchev–Trinajstić information content (AvgIpc) is 2.86. The molecule has 2 aromatic rings. The van der Waals surface area contributed by atoms with E-state index < -0.39 is 29.9 Å². The zero-order valence-electron chi connectivity index (χ0n) is 20.7. The number of carboxylic acid groups (broad SMARTS) is 1. The van der Waals surface area contributed by atoms with Gasteiger partial charge >= 0.3 is 5.97 Å². The van der Waals surface area contributed by atoms with E-state index in [-0.39, 0.29) is 31.6 Å². The van der Waals surface area contributed by atoms with Crippen LogP contribution >= 0.6 is 0 Å². The summed E-state index contributed by atoms with van der Waals surface area (Å²) >= 11 is 0. The highest BCUT2D eigenvalue weighted by Crippen LogP contribution is 2.10. The van der Waals surface area contributed by atoms with E-state index in [1.54, 1.807) is 24.3 Å². The molecule has 3 amide bonds. The Balaban J connectivity index is 2.17. The molecule has 0 saturated heterocycles. The molecule has 9 heteroatoms. The number of hydrogen-bond acceptors (Lipinski definition) is 5. The lowest BCUT2D eigenvalue weighted by Crippen LogP contribution is -2.55. The highest BCUT2D eigenvalue weighted by Gasteiger charge is 2.27. The predicted molar refractivity (Wildman–Crippen MR) is 138 cm³/mol. The highest BCUT2D eigenvalue weighted by atomic mass is 16.4. The second-order valence-electron chi connectivity index (χ2n) is 8.71. The summed E-state index contributed by atoms with van der Waals surface area (Å²) < 4.78 is 0. The summed E-state index contributed by atoms with van der Waals surface area (Å²) in [6, 6.07) is 14.4. The number of aliphatic carboxylic acids is 1. The van der Waals surface area contributed by atoms with E-state index in [0.717, 1.165) is 30.4 Å². The fourth-order valence-corrected chi connectivity index (χ4v) is 3.63. The molecule has 0 radical (unpaired) electrons. The number of anilines is 1. The molecule has 2 rings (SSSR count). The van der Waals surface area contributed by atoms with Gasteiger partial charge in [-0.1, -0.05) is 62.2 Å². The quantitative estimate of drug-likeness (QED) is 0.188. The predicted octanol–water partition coefficient (Wildman–Crippen LogP) is 2.19. The Labute approximate surface area is 211 Å². The van der Waals surface area contributed by atoms with Gasteiger partial charge in [-0.25, -0.2) is 0 Å². The molecule has 6 N–H and O–H groups in total. The Kier molecular flexibility index (Phi) is 12.0. The van der Waals surface area contributed by atoms with Gasteiger partial charge in [0.05, 0.1) is 6.42 Å². The standard InChI is InChI=1S/C27H36N4O5/c1-2-3-7-16-29-26(35)22(18-20-10-12-21(28)13-11-20)31-27(36)23(17-19-8-5-4-6-9-19)30-24(32)14-15-25(33)34/h4-6,8-13,22-23H,2-3,7,14-18,28H2,1H3,(H,29,35)(H,30,32)(H,31,36)(H,33,34)/t22-,23-/m0/s1. The number of benzene rings is 2. The maximum absolute atomic E-state index is 13.3. The molecule has 0 fully saturated rings. The summed E-state index contributed by atoms with van der Waals surface area (Å²) in [7, 11) is 0. The fourth-order valence-electron chi connectivity index (χ4n) is 3.63. The number of unbranched alkanes of at least 4 members (excludes halogenated alkanes) is 2. The lowest BCUT2D eigenvalue weighted by molar-refractivity contribution is -0.139. The van der Waals surface area contributed by atoms with Gasteiger partial charge in [-0.05, 0) is 29.7 Å². The van der Waals surface area contributed by atoms with E-state index in [4.69, 9.17) is 10.8 Å². The first kappa shape index (κ1) is 28.4. The maximum Gasteiger partial charge on any atom is 0.303 e. The largest absolute Gasteiger partial charge is 0.481 e. The SMILES string of the molecule is CCCCCNC(=O)[C@H](Cc1ccc(N)cc1)NC(=O)[C@H](Cc1ccccc1)NC(=O)CCC(=O)O. The second-order valence-corrected chi connectivity index (χ2v) is 8.71. The van der Waals surface area contributed by atoms with Crippen LogP contribution in [0.3, 0.4) is 0 Å². The van der Waals surface area contributed by atoms with E-state index >= 15 is 0 Å². The third-order valence-corrected chi connectivity index (χ3v) is 5.63. The van der Waals surface area contributed by atoms with Crippen molar-refractivity contribution in [2.24, 2.45) is 0 Å². The third kappa shape index (κ3) is 10.6. The van der Waals surface area contributed by atoms with Crippen molar-refractivity contribution in [1.29, 1.82) is 0 Å². The van der Waals surface area contributed by atoms with E-state index in [0.29, 0.717) is 12.2 Å². The van der Waals surface area contributed by atoms with Gasteiger partial charge in [0.1, 0.15) is 12.1 Å². The Morgan fingerprint density at radius 3 is 2.03 bits per heavy atom. The molecule has 0 aliphatic rings. The number of rotatable bonds is 15. The van der Waals surface area contributed by atoms with Crippen LogP contribution in [0, 0.1) is 0 Å². The van der Waals surface area contributed by atoms with E-state index in [9.17, 15) is 19.2 Å². The van der Waals surface area contributed by atoms with E-state index in [1.165, 1.54) is 0 Å². The van der Waals surface area contributed by atoms with Gasteiger partial charge in [0.2, 0.25) is 17.7 Å². The smallest absolute Gasteiger partial charge is 0.303 e. The number of carboxylic acids is 1. The van der Waals surface area contributed by atoms with Crippen molar-refractivity contribution in [1.82, 2.24) is 16.0 Å². The summed E-state index contributed by atoms with van der Waals surface area (Å²) in [6.07, 6.45) is 2.68. The number of amides is 3. The van der Waals surface area contributed by atoms with Crippen molar-refractivity contribution in [2.75, 3.05) is 12.3 Å². The lowest BCUT2D eigenvalue weighted by Gasteiger charge is -2.23. The minimum absolute atomic E-state index is 0.193. The van der Waals surface area contributed by atoms with Crippen molar-refractivity contribution in [3.05, 3.63) is 65.7 Å². The molecule has 0 heterocycles. The molecule has 0 saturated carbocycles. The first-order chi connectivity index (χ1) is 17.3. The van der Waals surface area contributed by atoms with Crippen molar-refractivity contribution < 1.29 is 24.3 Å². The molecule has 0 spiro atoms. The Bertz CT molecular complexity index is 995. The number of hydrogen-bond donors (Lipinski definition) is 5. The number of carbonyl (C=O) groups is 4. The van der Waals surface area contributed by atoms with Crippen LogP contribution in [0.5, 0.6) is 0 Å². The first-order valence-corrected chi connectivity index (χ1v) is 12.3. The Hall–Kier alpha value is -3.88. The van der Waals surface area contributed by atoms with Crippen LogP contribution in [-0.4, -0.2) is 47.4 Å². The lowest BCUT2D eigenvalue weighted by atomic mass is 10.0. The minimum Gasteiger partial charge on any atom is -0.481 e. The Morgan fingerprint density at radius 2 is 1.42 bits per heavy atom. The molecule has 0 aliphatic heterocycles. The summed E-state index contributed by atoms with van der Waals surface area (Å²) in [5.74, 6) is -2.48. The number of nitrogen functional groups attached to an aromatic ring is 1. The van der Waals surface area contributed by atoms with Crippen LogP contribution in [0.1, 0.15) is 50.2 Å². The normalized spacial score (nSPS) is 12.2. The Morgan fingerprint density at radius 1 is 0.806 bits per heavy atom. The van der Waals surface area contributed by atoms with Crippen LogP contribution in [0.25, 0.3) is 0 Å². The number of nitrogens with one attached hydrogen (secondary N) is 3. The molecular weight excluding hydrogens is 460 g/mol. The molecule has 36 heavy (non-hydrogen) atoms. The van der Waals surface area contributed by atoms with Crippen LogP contribution in [0.4, 0.5) is 5.69 Å². The molecule has 0 aromatic heterocycles. The zero-order chi connectivity index (χ0) is 26.3. The van der Waals surface area contributed by atoms with E-state index in [1.807, 2.05) is 30.3 Å². The highest BCUT2D eigenvalue weighted by molar-refractivity contribution is 5.92. The fraction of sp³-hybridized carbons (Fsp3) is 0.407. The molecule has 194 valence electrons. The maximum atomic E-state index is 13.3. The van der Waals surface area contributed by atoms with Crippen LogP contribution in [0.2, 0.25) is 0 Å². The van der Waals surface area contributed by atoms with Crippen molar-refractivity contribution in [3.8, 4) is 0 Å². The van der Waals surface area contributed by atoms with Gasteiger partial charge in [0, 0.05) is 31.5 Å². The third-order valence-electron chi connectivity index (χ3n) is 5.63. The van der Waals surface area contributed by atoms with Gasteiger partial charge in [-0.3, -0.25) is 19.2 Å². The molecule has 2 atom stereocenters. The van der Waals surface area contributed by atoms with Gasteiger partial charge in [0.15, 0.2) is 0 Å². The molecule has 0 unspecified atom stereocenters. The van der Waals surface area contributed by atoms with Crippen LogP contribution in [-0.2, 0) is 32.0 Å². The number of carbonyl (C=O) groups excluding carboxylic acids is 3. The molecule has 0 bridgehead atoms. The average molecular weight is 497 g/mol. The molecule has 9 nitrogen and oxygen atoms in total. The summed E-state index contributed by atoms with van der Waals surface area (Å²) in [4.78, 5) is 49.5. The zero-order valence-corrected chi connectivity index (χ0v) is 20.7. The van der Waals surface area contributed by atoms with Gasteiger partial charge in [0.25, 0.3) is 0 Å². The van der Waals surface area contributed by atoms with Gasteiger partial charge in [-0.2, -0.15) is 0 Å². The summed E-state index contributed by atoms with van der Waals surface area (Å²) in [5, 5.41) is 17.2. The van der Waals surface area contributed by atoms with E-state index in [2.05, 4.69) is 22.9 Å². The monoisotopic (exact) mass is 496 g/mol. The minimum atomic E-state index is -1.10. The van der Waals surface area contributed by atoms with Gasteiger partial charge < -0.3 is 26.8 Å². The summed E-state index contributed by atoms with van der Waals surface area (Å²) in [6.45, 7) is 2.57.